The summed E-state index contributed by atoms with van der Waals surface area (Å²) in [7, 11) is 0. The van der Waals surface area contributed by atoms with Crippen LogP contribution in [0.4, 0.5) is 5.69 Å². The normalized spacial score (nSPS) is 10.9. The van der Waals surface area contributed by atoms with Crippen LogP contribution in [0.25, 0.3) is 11.4 Å². The molecule has 2 heterocycles. The molecule has 0 bridgehead atoms. The van der Waals surface area contributed by atoms with Crippen LogP contribution in [-0.2, 0) is 6.42 Å². The highest BCUT2D eigenvalue weighted by molar-refractivity contribution is 6.02. The molecule has 118 valence electrons. The highest BCUT2D eigenvalue weighted by atomic mass is 16.1. The molecule has 0 spiro atoms. The molecule has 0 aliphatic rings. The molecule has 1 amide bonds. The average molecular weight is 310 g/mol. The fraction of sp³-hybridized carbons (Fsp3) is 0.250. The maximum atomic E-state index is 12.2. The maximum absolute atomic E-state index is 12.2. The molecular formula is C16H18N6O. The Bertz CT molecular complexity index is 773. The fourth-order valence-corrected chi connectivity index (χ4v) is 2.27. The molecule has 2 aromatic heterocycles. The quantitative estimate of drug-likeness (QED) is 0.674. The number of hydrogen-bond acceptors (Lipinski definition) is 4. The molecule has 3 rings (SSSR count). The number of rotatable bonds is 5. The van der Waals surface area contributed by atoms with Crippen LogP contribution in [0, 0.1) is 5.92 Å². The van der Waals surface area contributed by atoms with Crippen LogP contribution in [0.15, 0.2) is 36.7 Å². The minimum absolute atomic E-state index is 0.233. The first-order valence-corrected chi connectivity index (χ1v) is 7.43. The number of hydrogen-bond donors (Lipinski definition) is 3. The Morgan fingerprint density at radius 3 is 2.65 bits per heavy atom. The summed E-state index contributed by atoms with van der Waals surface area (Å²) >= 11 is 0. The first-order valence-electron chi connectivity index (χ1n) is 7.43. The smallest absolute Gasteiger partial charge is 0.276 e. The van der Waals surface area contributed by atoms with Crippen LogP contribution >= 0.6 is 0 Å². The van der Waals surface area contributed by atoms with Crippen molar-refractivity contribution >= 4 is 11.6 Å². The number of anilines is 1. The van der Waals surface area contributed by atoms with Crippen LogP contribution in [0.2, 0.25) is 0 Å². The largest absolute Gasteiger partial charge is 0.321 e. The number of carbonyl (C=O) groups excluding carboxylic acids is 1. The van der Waals surface area contributed by atoms with E-state index in [4.69, 9.17) is 0 Å². The Morgan fingerprint density at radius 1 is 1.22 bits per heavy atom. The maximum Gasteiger partial charge on any atom is 0.276 e. The number of carbonyl (C=O) groups is 1. The summed E-state index contributed by atoms with van der Waals surface area (Å²) in [5, 5.41) is 16.4. The van der Waals surface area contributed by atoms with Gasteiger partial charge in [0.25, 0.3) is 5.91 Å². The summed E-state index contributed by atoms with van der Waals surface area (Å²) in [6.07, 6.45) is 2.32. The lowest BCUT2D eigenvalue weighted by molar-refractivity contribution is 0.102. The van der Waals surface area contributed by atoms with Crippen LogP contribution in [0.3, 0.4) is 0 Å². The average Bonchev–Trinajstić information content (AvgIpc) is 3.19. The van der Waals surface area contributed by atoms with Gasteiger partial charge >= 0.3 is 0 Å². The van der Waals surface area contributed by atoms with Crippen LogP contribution in [0.1, 0.15) is 30.0 Å². The second kappa shape index (κ2) is 6.43. The predicted octanol–water partition coefficient (Wildman–Crippen LogP) is 2.65. The van der Waals surface area contributed by atoms with E-state index in [0.29, 0.717) is 23.1 Å². The molecule has 23 heavy (non-hydrogen) atoms. The van der Waals surface area contributed by atoms with E-state index in [9.17, 15) is 4.79 Å². The molecule has 0 saturated heterocycles. The van der Waals surface area contributed by atoms with Crippen molar-refractivity contribution in [2.75, 3.05) is 5.32 Å². The van der Waals surface area contributed by atoms with Gasteiger partial charge in [-0.2, -0.15) is 10.2 Å². The Labute approximate surface area is 133 Å². The zero-order valence-electron chi connectivity index (χ0n) is 13.0. The monoisotopic (exact) mass is 310 g/mol. The third-order valence-electron chi connectivity index (χ3n) is 3.32. The van der Waals surface area contributed by atoms with Crippen molar-refractivity contribution in [3.8, 4) is 11.4 Å². The lowest BCUT2D eigenvalue weighted by Gasteiger charge is -2.04. The molecule has 0 radical (unpaired) electrons. The Hall–Kier alpha value is -2.96. The molecule has 7 nitrogen and oxygen atoms in total. The summed E-state index contributed by atoms with van der Waals surface area (Å²) in [6, 6.07) is 9.16. The zero-order chi connectivity index (χ0) is 16.2. The van der Waals surface area contributed by atoms with Gasteiger partial charge in [-0.25, -0.2) is 4.98 Å². The van der Waals surface area contributed by atoms with Crippen LogP contribution in [-0.4, -0.2) is 31.3 Å². The van der Waals surface area contributed by atoms with Gasteiger partial charge in [0.1, 0.15) is 6.33 Å². The summed E-state index contributed by atoms with van der Waals surface area (Å²) in [4.78, 5) is 16.3. The SMILES string of the molecule is CC(C)Cc1cc(C(=O)Nc2ccc(-c3ncn[nH]3)cc2)n[nH]1. The summed E-state index contributed by atoms with van der Waals surface area (Å²) in [6.45, 7) is 4.24. The number of nitrogens with one attached hydrogen (secondary N) is 3. The second-order valence-corrected chi connectivity index (χ2v) is 5.74. The Kier molecular flexibility index (Phi) is 4.18. The number of benzene rings is 1. The van der Waals surface area contributed by atoms with E-state index < -0.39 is 0 Å². The molecule has 1 aromatic carbocycles. The van der Waals surface area contributed by atoms with E-state index in [0.717, 1.165) is 17.7 Å². The topological polar surface area (TPSA) is 99.3 Å². The van der Waals surface area contributed by atoms with Crippen molar-refractivity contribution in [3.05, 3.63) is 48.0 Å². The Balaban J connectivity index is 1.67. The van der Waals surface area contributed by atoms with E-state index in [-0.39, 0.29) is 5.91 Å². The molecule has 0 saturated carbocycles. The molecule has 0 aliphatic carbocycles. The molecule has 0 unspecified atom stereocenters. The Morgan fingerprint density at radius 2 is 2.00 bits per heavy atom. The highest BCUT2D eigenvalue weighted by Crippen LogP contribution is 2.17. The van der Waals surface area contributed by atoms with Crippen molar-refractivity contribution in [2.24, 2.45) is 5.92 Å². The number of amides is 1. The van der Waals surface area contributed by atoms with Gasteiger partial charge in [0.2, 0.25) is 0 Å². The summed E-state index contributed by atoms with van der Waals surface area (Å²) in [5.41, 5.74) is 2.96. The first kappa shape index (κ1) is 15.0. The summed E-state index contributed by atoms with van der Waals surface area (Å²) in [5.74, 6) is 0.965. The summed E-state index contributed by atoms with van der Waals surface area (Å²) < 4.78 is 0. The lowest BCUT2D eigenvalue weighted by atomic mass is 10.1. The van der Waals surface area contributed by atoms with E-state index in [1.165, 1.54) is 6.33 Å². The van der Waals surface area contributed by atoms with Gasteiger partial charge < -0.3 is 5.32 Å². The van der Waals surface area contributed by atoms with Gasteiger partial charge in [-0.15, -0.1) is 0 Å². The number of H-pyrrole nitrogens is 2. The zero-order valence-corrected chi connectivity index (χ0v) is 13.0. The molecule has 7 heteroatoms. The van der Waals surface area contributed by atoms with Crippen molar-refractivity contribution in [1.29, 1.82) is 0 Å². The highest BCUT2D eigenvalue weighted by Gasteiger charge is 2.11. The van der Waals surface area contributed by atoms with Gasteiger partial charge in [0.15, 0.2) is 11.5 Å². The third kappa shape index (κ3) is 3.63. The second-order valence-electron chi connectivity index (χ2n) is 5.74. The van der Waals surface area contributed by atoms with E-state index in [1.807, 2.05) is 24.3 Å². The number of aromatic amines is 2. The van der Waals surface area contributed by atoms with Gasteiger partial charge in [0, 0.05) is 16.9 Å². The van der Waals surface area contributed by atoms with Gasteiger partial charge in [0.05, 0.1) is 0 Å². The predicted molar refractivity (Wildman–Crippen MR) is 86.9 cm³/mol. The number of nitrogens with zero attached hydrogens (tertiary/aromatic N) is 3. The van der Waals surface area contributed by atoms with Gasteiger partial charge in [-0.1, -0.05) is 13.8 Å². The van der Waals surface area contributed by atoms with Crippen molar-refractivity contribution in [1.82, 2.24) is 25.4 Å². The van der Waals surface area contributed by atoms with Crippen molar-refractivity contribution in [3.63, 3.8) is 0 Å². The molecular weight excluding hydrogens is 292 g/mol. The molecule has 3 aromatic rings. The van der Waals surface area contributed by atoms with Crippen molar-refractivity contribution < 1.29 is 4.79 Å². The first-order chi connectivity index (χ1) is 11.1. The molecule has 0 aliphatic heterocycles. The van der Waals surface area contributed by atoms with Crippen LogP contribution in [0.5, 0.6) is 0 Å². The number of aromatic nitrogens is 5. The fourth-order valence-electron chi connectivity index (χ4n) is 2.27. The van der Waals surface area contributed by atoms with Gasteiger partial charge in [-0.3, -0.25) is 15.0 Å². The van der Waals surface area contributed by atoms with E-state index in [2.05, 4.69) is 44.5 Å². The molecule has 0 atom stereocenters. The third-order valence-corrected chi connectivity index (χ3v) is 3.32. The van der Waals surface area contributed by atoms with E-state index in [1.54, 1.807) is 6.07 Å². The molecule has 0 fully saturated rings. The van der Waals surface area contributed by atoms with Crippen molar-refractivity contribution in [2.45, 2.75) is 20.3 Å². The lowest BCUT2D eigenvalue weighted by Crippen LogP contribution is -2.12. The van der Waals surface area contributed by atoms with Crippen LogP contribution < -0.4 is 5.32 Å². The molecule has 3 N–H and O–H groups in total. The van der Waals surface area contributed by atoms with E-state index >= 15 is 0 Å². The minimum Gasteiger partial charge on any atom is -0.321 e. The standard InChI is InChI=1S/C16H18N6O/c1-10(2)7-13-8-14(21-20-13)16(23)19-12-5-3-11(4-6-12)15-17-9-18-22-15/h3-6,8-10H,7H2,1-2H3,(H,19,23)(H,20,21)(H,17,18,22). The minimum atomic E-state index is -0.233. The van der Waals surface area contributed by atoms with Gasteiger partial charge in [-0.05, 0) is 42.7 Å².